The average molecular weight is 445 g/mol. The SMILES string of the molecule is CCN(CC)S(=O)(=O)c1ccc(SC(C)C(=O)Nc2cccc3ncccc23)nc1. The highest BCUT2D eigenvalue weighted by Gasteiger charge is 2.22. The summed E-state index contributed by atoms with van der Waals surface area (Å²) in [6, 6.07) is 12.5. The molecule has 158 valence electrons. The summed E-state index contributed by atoms with van der Waals surface area (Å²) in [6.45, 7) is 6.17. The number of fused-ring (bicyclic) bond motifs is 1. The fraction of sp³-hybridized carbons (Fsp3) is 0.286. The number of pyridine rings is 2. The molecule has 30 heavy (non-hydrogen) atoms. The van der Waals surface area contributed by atoms with Gasteiger partial charge < -0.3 is 5.32 Å². The van der Waals surface area contributed by atoms with Gasteiger partial charge in [0.05, 0.1) is 21.5 Å². The topological polar surface area (TPSA) is 92.3 Å². The van der Waals surface area contributed by atoms with Crippen molar-refractivity contribution in [1.82, 2.24) is 14.3 Å². The monoisotopic (exact) mass is 444 g/mol. The third-order valence-electron chi connectivity index (χ3n) is 4.62. The highest BCUT2D eigenvalue weighted by molar-refractivity contribution is 8.00. The fourth-order valence-corrected chi connectivity index (χ4v) is 5.18. The minimum absolute atomic E-state index is 0.149. The molecule has 0 aliphatic rings. The predicted octanol–water partition coefficient (Wildman–Crippen LogP) is 3.78. The van der Waals surface area contributed by atoms with Crippen LogP contribution in [-0.4, -0.2) is 46.9 Å². The summed E-state index contributed by atoms with van der Waals surface area (Å²) in [5, 5.41) is 3.97. The third kappa shape index (κ3) is 4.80. The largest absolute Gasteiger partial charge is 0.324 e. The number of nitrogens with one attached hydrogen (secondary N) is 1. The van der Waals surface area contributed by atoms with Gasteiger partial charge in [0.15, 0.2) is 0 Å². The number of amides is 1. The Kier molecular flexibility index (Phi) is 7.06. The molecular formula is C21H24N4O3S2. The van der Waals surface area contributed by atoms with Gasteiger partial charge in [0.25, 0.3) is 0 Å². The van der Waals surface area contributed by atoms with E-state index in [1.54, 1.807) is 33.0 Å². The van der Waals surface area contributed by atoms with Crippen molar-refractivity contribution >= 4 is 44.3 Å². The Morgan fingerprint density at radius 3 is 2.53 bits per heavy atom. The Morgan fingerprint density at radius 2 is 1.87 bits per heavy atom. The lowest BCUT2D eigenvalue weighted by Gasteiger charge is -2.18. The molecule has 2 aromatic heterocycles. The summed E-state index contributed by atoms with van der Waals surface area (Å²) >= 11 is 1.27. The summed E-state index contributed by atoms with van der Waals surface area (Å²) in [7, 11) is -3.55. The Hall–Kier alpha value is -2.49. The van der Waals surface area contributed by atoms with Gasteiger partial charge in [0, 0.05) is 30.9 Å². The second-order valence-corrected chi connectivity index (χ2v) is 9.85. The van der Waals surface area contributed by atoms with Gasteiger partial charge in [-0.1, -0.05) is 31.7 Å². The molecule has 1 unspecified atom stereocenters. The summed E-state index contributed by atoms with van der Waals surface area (Å²) in [5.74, 6) is -0.169. The van der Waals surface area contributed by atoms with E-state index in [4.69, 9.17) is 0 Å². The molecule has 2 heterocycles. The number of anilines is 1. The fourth-order valence-electron chi connectivity index (χ4n) is 2.98. The smallest absolute Gasteiger partial charge is 0.244 e. The van der Waals surface area contributed by atoms with Crippen LogP contribution in [-0.2, 0) is 14.8 Å². The van der Waals surface area contributed by atoms with Crippen LogP contribution < -0.4 is 5.32 Å². The number of benzene rings is 1. The van der Waals surface area contributed by atoms with E-state index in [9.17, 15) is 13.2 Å². The van der Waals surface area contributed by atoms with E-state index in [0.717, 1.165) is 10.9 Å². The molecule has 0 bridgehead atoms. The van der Waals surface area contributed by atoms with Crippen molar-refractivity contribution in [1.29, 1.82) is 0 Å². The van der Waals surface area contributed by atoms with Gasteiger partial charge in [0.2, 0.25) is 15.9 Å². The molecule has 9 heteroatoms. The predicted molar refractivity (Wildman–Crippen MR) is 120 cm³/mol. The van der Waals surface area contributed by atoms with Crippen molar-refractivity contribution < 1.29 is 13.2 Å². The number of aromatic nitrogens is 2. The van der Waals surface area contributed by atoms with Crippen molar-refractivity contribution in [2.24, 2.45) is 0 Å². The van der Waals surface area contributed by atoms with Crippen LogP contribution in [0.25, 0.3) is 10.9 Å². The van der Waals surface area contributed by atoms with Crippen molar-refractivity contribution in [3.8, 4) is 0 Å². The highest BCUT2D eigenvalue weighted by atomic mass is 32.2. The molecule has 1 aromatic carbocycles. The molecule has 0 aliphatic carbocycles. The van der Waals surface area contributed by atoms with E-state index in [2.05, 4.69) is 15.3 Å². The molecule has 0 radical (unpaired) electrons. The Morgan fingerprint density at radius 1 is 1.10 bits per heavy atom. The van der Waals surface area contributed by atoms with Gasteiger partial charge in [-0.15, -0.1) is 0 Å². The molecule has 0 aliphatic heterocycles. The summed E-state index contributed by atoms with van der Waals surface area (Å²) in [6.07, 6.45) is 3.05. The van der Waals surface area contributed by atoms with E-state index in [1.807, 2.05) is 30.3 Å². The van der Waals surface area contributed by atoms with Crippen LogP contribution in [0, 0.1) is 0 Å². The molecule has 7 nitrogen and oxygen atoms in total. The van der Waals surface area contributed by atoms with Crippen molar-refractivity contribution in [3.05, 3.63) is 54.9 Å². The van der Waals surface area contributed by atoms with E-state index in [-0.39, 0.29) is 10.8 Å². The van der Waals surface area contributed by atoms with Crippen LogP contribution in [0.1, 0.15) is 20.8 Å². The van der Waals surface area contributed by atoms with E-state index in [0.29, 0.717) is 23.8 Å². The first-order valence-corrected chi connectivity index (χ1v) is 12.0. The molecule has 0 saturated heterocycles. The first kappa shape index (κ1) is 22.2. The van der Waals surface area contributed by atoms with Crippen LogP contribution >= 0.6 is 11.8 Å². The summed E-state index contributed by atoms with van der Waals surface area (Å²) in [5.41, 5.74) is 1.51. The summed E-state index contributed by atoms with van der Waals surface area (Å²) in [4.78, 5) is 21.4. The second kappa shape index (κ2) is 9.55. The van der Waals surface area contributed by atoms with Crippen molar-refractivity contribution in [2.45, 2.75) is 35.9 Å². The molecular weight excluding hydrogens is 420 g/mol. The van der Waals surface area contributed by atoms with E-state index >= 15 is 0 Å². The standard InChI is InChI=1S/C21H24N4O3S2/c1-4-25(5-2)30(27,28)16-11-12-20(23-14-16)29-15(3)21(26)24-19-10-6-9-18-17(19)8-7-13-22-18/h6-15H,4-5H2,1-3H3,(H,24,26). The zero-order valence-corrected chi connectivity index (χ0v) is 18.7. The maximum atomic E-state index is 12.7. The molecule has 0 saturated carbocycles. The third-order valence-corrected chi connectivity index (χ3v) is 7.71. The number of hydrogen-bond acceptors (Lipinski definition) is 6. The van der Waals surface area contributed by atoms with Crippen LogP contribution in [0.15, 0.2) is 64.8 Å². The highest BCUT2D eigenvalue weighted by Crippen LogP contribution is 2.26. The normalized spacial score (nSPS) is 12.8. The Balaban J connectivity index is 1.70. The molecule has 1 atom stereocenters. The first-order valence-electron chi connectivity index (χ1n) is 9.64. The van der Waals surface area contributed by atoms with Crippen molar-refractivity contribution in [2.75, 3.05) is 18.4 Å². The Bertz CT molecular complexity index is 1130. The zero-order chi connectivity index (χ0) is 21.7. The molecule has 3 rings (SSSR count). The minimum Gasteiger partial charge on any atom is -0.324 e. The molecule has 1 amide bonds. The van der Waals surface area contributed by atoms with Gasteiger partial charge in [-0.3, -0.25) is 9.78 Å². The quantitative estimate of drug-likeness (QED) is 0.532. The van der Waals surface area contributed by atoms with Gasteiger partial charge >= 0.3 is 0 Å². The first-order chi connectivity index (χ1) is 14.4. The number of carbonyl (C=O) groups excluding carboxylic acids is 1. The lowest BCUT2D eigenvalue weighted by atomic mass is 10.2. The maximum absolute atomic E-state index is 12.7. The van der Waals surface area contributed by atoms with Crippen LogP contribution in [0.2, 0.25) is 0 Å². The molecule has 0 spiro atoms. The molecule has 1 N–H and O–H groups in total. The number of carbonyl (C=O) groups is 1. The van der Waals surface area contributed by atoms with Crippen LogP contribution in [0.5, 0.6) is 0 Å². The van der Waals surface area contributed by atoms with E-state index < -0.39 is 15.3 Å². The number of thioether (sulfide) groups is 1. The van der Waals surface area contributed by atoms with Gasteiger partial charge in [-0.05, 0) is 43.3 Å². The summed E-state index contributed by atoms with van der Waals surface area (Å²) < 4.78 is 26.5. The van der Waals surface area contributed by atoms with Crippen molar-refractivity contribution in [3.63, 3.8) is 0 Å². The lowest BCUT2D eigenvalue weighted by Crippen LogP contribution is -2.30. The Labute approximate surface area is 181 Å². The maximum Gasteiger partial charge on any atom is 0.244 e. The number of hydrogen-bond donors (Lipinski definition) is 1. The second-order valence-electron chi connectivity index (χ2n) is 6.55. The number of sulfonamides is 1. The molecule has 0 fully saturated rings. The van der Waals surface area contributed by atoms with Gasteiger partial charge in [0.1, 0.15) is 4.90 Å². The zero-order valence-electron chi connectivity index (χ0n) is 17.1. The van der Waals surface area contributed by atoms with E-state index in [1.165, 1.54) is 28.3 Å². The van der Waals surface area contributed by atoms with Gasteiger partial charge in [-0.25, -0.2) is 13.4 Å². The number of nitrogens with zero attached hydrogens (tertiary/aromatic N) is 3. The minimum atomic E-state index is -3.55. The van der Waals surface area contributed by atoms with Crippen LogP contribution in [0.3, 0.4) is 0 Å². The number of rotatable bonds is 8. The van der Waals surface area contributed by atoms with Gasteiger partial charge in [-0.2, -0.15) is 4.31 Å². The average Bonchev–Trinajstić information content (AvgIpc) is 2.75. The molecule has 3 aromatic rings. The van der Waals surface area contributed by atoms with Crippen LogP contribution in [0.4, 0.5) is 5.69 Å². The lowest BCUT2D eigenvalue weighted by molar-refractivity contribution is -0.115.